The maximum absolute atomic E-state index is 14.6. The van der Waals surface area contributed by atoms with Crippen LogP contribution in [0.3, 0.4) is 0 Å². The van der Waals surface area contributed by atoms with Gasteiger partial charge >= 0.3 is 442 Å². The van der Waals surface area contributed by atoms with Gasteiger partial charge in [-0.25, -0.2) is 0 Å². The Kier molecular flexibility index (Phi) is 12.4. The van der Waals surface area contributed by atoms with Crippen molar-refractivity contribution in [3.8, 4) is 33.4 Å². The quantitative estimate of drug-likeness (QED) is 0.110. The van der Waals surface area contributed by atoms with E-state index in [2.05, 4.69) is 0 Å². The van der Waals surface area contributed by atoms with Crippen LogP contribution in [0, 0.1) is 13.8 Å². The summed E-state index contributed by atoms with van der Waals surface area (Å²) in [7, 11) is 17.0. The average molecular weight is 1180 g/mol. The molecule has 8 aromatic rings. The molecule has 0 nitrogen and oxygen atoms in total. The van der Waals surface area contributed by atoms with Crippen molar-refractivity contribution in [3.05, 3.63) is 231 Å². The zero-order chi connectivity index (χ0) is 54.1. The van der Waals surface area contributed by atoms with Crippen molar-refractivity contribution in [3.63, 3.8) is 0 Å². The Morgan fingerprint density at radius 1 is 0.408 bits per heavy atom. The number of allylic oxidation sites excluding steroid dienone is 2. The fourth-order valence-electron chi connectivity index (χ4n) is 12.1. The summed E-state index contributed by atoms with van der Waals surface area (Å²) in [5.41, 5.74) is -0.292. The molecule has 0 saturated heterocycles. The number of alkyl halides is 12. The van der Waals surface area contributed by atoms with Crippen molar-refractivity contribution in [2.24, 2.45) is 0 Å². The number of aryl methyl sites for hydroxylation is 2. The number of halogens is 14. The van der Waals surface area contributed by atoms with E-state index in [1.165, 1.54) is 0 Å². The standard InChI is InChI=1S/2C24H15F6.C12H9Si.2ClH.Zr/c2*1-14-7-8-16-9-17(15-5-3-2-4-6-15)12-21(16)22(14)18-10-19(23(25,26)27)13-20(11-18)24(28,29)30;1-3-7-11-9(5-1)10-6-2-4-8-12(10)13-11;;;/h2*2-13H,1H3;1-7H,13H2;2*1H;/q;;;;;+2/p-2. The molecule has 76 heavy (non-hydrogen) atoms. The molecule has 2 aliphatic carbocycles. The monoisotopic (exact) mass is 1180 g/mol. The van der Waals surface area contributed by atoms with Gasteiger partial charge in [0.05, 0.1) is 0 Å². The van der Waals surface area contributed by atoms with Gasteiger partial charge in [0.25, 0.3) is 0 Å². The Morgan fingerprint density at radius 2 is 0.789 bits per heavy atom. The van der Waals surface area contributed by atoms with Gasteiger partial charge < -0.3 is 0 Å². The predicted octanol–water partition coefficient (Wildman–Crippen LogP) is 17.0. The van der Waals surface area contributed by atoms with Gasteiger partial charge in [0.1, 0.15) is 0 Å². The van der Waals surface area contributed by atoms with Gasteiger partial charge in [-0.15, -0.1) is 0 Å². The van der Waals surface area contributed by atoms with Gasteiger partial charge in [-0.2, -0.15) is 0 Å². The summed E-state index contributed by atoms with van der Waals surface area (Å²) in [5, 5.41) is 2.01. The summed E-state index contributed by atoms with van der Waals surface area (Å²) in [6, 6.07) is 41.3. The third-order valence-corrected chi connectivity index (χ3v) is 37.7. The topological polar surface area (TPSA) is 0 Å². The number of hydrogen-bond acceptors (Lipinski definition) is 0. The van der Waals surface area contributed by atoms with E-state index in [9.17, 15) is 69.7 Å². The Balaban J connectivity index is 1.28. The molecule has 0 amide bonds. The van der Waals surface area contributed by atoms with Crippen LogP contribution in [0.2, 0.25) is 0 Å². The Hall–Kier alpha value is -5.92. The molecule has 3 aliphatic rings. The molecule has 2 atom stereocenters. The zero-order valence-corrected chi connectivity index (χ0v) is 45.3. The van der Waals surface area contributed by atoms with E-state index in [1.54, 1.807) is 86.7 Å². The van der Waals surface area contributed by atoms with Crippen molar-refractivity contribution >= 4 is 63.5 Å². The first-order valence-corrected chi connectivity index (χ1v) is 35.7. The molecule has 1 heterocycles. The Bertz CT molecular complexity index is 3500. The summed E-state index contributed by atoms with van der Waals surface area (Å²) in [5.74, 6) is 0. The van der Waals surface area contributed by atoms with Crippen LogP contribution < -0.4 is 13.6 Å². The molecule has 0 bridgehead atoms. The average Bonchev–Trinajstić information content (AvgIpc) is 4.10. The Labute approximate surface area is 439 Å². The molecule has 1 aliphatic heterocycles. The van der Waals surface area contributed by atoms with E-state index in [1.807, 2.05) is 66.7 Å². The van der Waals surface area contributed by atoms with E-state index < -0.39 is 80.1 Å². The first kappa shape index (κ1) is 52.1. The summed E-state index contributed by atoms with van der Waals surface area (Å²) >= 11 is -6.85. The van der Waals surface area contributed by atoms with E-state index in [0.717, 1.165) is 21.5 Å². The fraction of sp³-hybridized carbons (Fsp3) is 0.133. The molecule has 385 valence electrons. The van der Waals surface area contributed by atoms with Gasteiger partial charge in [-0.1, -0.05) is 0 Å². The SMILES string of the molecule is Cc1ccc2c(c1-c1cc(C(F)(F)F)cc(C(F)(F)F)c1)C=C(c1ccccc1)[CH]2[Zr]([Cl])([Cl])([c]1cccc2c1[SiH2]c1ccccc1-2)[CH]1C(c2ccccc2)=Cc2c1ccc(C)c2-c1cc(C(F)(F)F)cc(C(F)(F)F)c1. The fourth-order valence-corrected chi connectivity index (χ4v) is 39.1. The third-order valence-electron chi connectivity index (χ3n) is 15.2. The van der Waals surface area contributed by atoms with Crippen molar-refractivity contribution in [1.82, 2.24) is 0 Å². The maximum atomic E-state index is 14.6. The summed E-state index contributed by atoms with van der Waals surface area (Å²) < 4.78 is 174. The van der Waals surface area contributed by atoms with E-state index in [4.69, 9.17) is 0 Å². The molecular weight excluding hydrogens is 1140 g/mol. The van der Waals surface area contributed by atoms with Crippen LogP contribution in [0.15, 0.2) is 164 Å². The summed E-state index contributed by atoms with van der Waals surface area (Å²) in [6.45, 7) is 3.19. The molecule has 0 spiro atoms. The predicted molar refractivity (Wildman–Crippen MR) is 278 cm³/mol. The molecule has 0 fully saturated rings. The summed E-state index contributed by atoms with van der Waals surface area (Å²) in [4.78, 5) is 0. The number of hydrogen-bond donors (Lipinski definition) is 0. The molecule has 2 unspecified atom stereocenters. The molecule has 0 N–H and O–H groups in total. The summed E-state index contributed by atoms with van der Waals surface area (Å²) in [6.07, 6.45) is -17.2. The van der Waals surface area contributed by atoms with Gasteiger partial charge in [-0.3, -0.25) is 0 Å². The first-order chi connectivity index (χ1) is 35.7. The molecule has 0 saturated carbocycles. The van der Waals surface area contributed by atoms with E-state index >= 15 is 0 Å². The second-order valence-corrected chi connectivity index (χ2v) is 42.2. The van der Waals surface area contributed by atoms with E-state index in [0.29, 0.717) is 83.2 Å². The minimum atomic E-state index is -6.85. The van der Waals surface area contributed by atoms with Gasteiger partial charge in [-0.05, 0) is 0 Å². The number of rotatable bonds is 7. The van der Waals surface area contributed by atoms with Crippen molar-refractivity contribution in [2.75, 3.05) is 0 Å². The second kappa shape index (κ2) is 18.1. The molecule has 0 aromatic heterocycles. The van der Waals surface area contributed by atoms with E-state index in [-0.39, 0.29) is 34.4 Å². The Morgan fingerprint density at radius 3 is 1.20 bits per heavy atom. The van der Waals surface area contributed by atoms with Crippen LogP contribution in [0.5, 0.6) is 0 Å². The normalized spacial score (nSPS) is 17.1. The van der Waals surface area contributed by atoms with Gasteiger partial charge in [0.2, 0.25) is 0 Å². The van der Waals surface area contributed by atoms with Crippen LogP contribution in [0.4, 0.5) is 52.7 Å². The van der Waals surface area contributed by atoms with Crippen molar-refractivity contribution in [1.29, 1.82) is 0 Å². The second-order valence-electron chi connectivity index (χ2n) is 19.7. The molecule has 0 radical (unpaired) electrons. The van der Waals surface area contributed by atoms with Gasteiger partial charge in [0.15, 0.2) is 0 Å². The van der Waals surface area contributed by atoms with Crippen LogP contribution in [-0.4, -0.2) is 9.52 Å². The molecular formula is C60H39Cl2F12SiZr. The van der Waals surface area contributed by atoms with Crippen LogP contribution in [-0.2, 0) is 41.1 Å². The van der Waals surface area contributed by atoms with Gasteiger partial charge in [0, 0.05) is 0 Å². The van der Waals surface area contributed by atoms with Crippen molar-refractivity contribution in [2.45, 2.75) is 45.8 Å². The minimum absolute atomic E-state index is 0.0795. The number of benzene rings is 8. The van der Waals surface area contributed by atoms with Crippen LogP contribution in [0.1, 0.15) is 74.0 Å². The van der Waals surface area contributed by atoms with Crippen LogP contribution in [0.25, 0.3) is 56.7 Å². The molecule has 16 heteroatoms. The third kappa shape index (κ3) is 8.57. The van der Waals surface area contributed by atoms with Crippen LogP contribution >= 0.6 is 17.0 Å². The van der Waals surface area contributed by atoms with Crippen molar-refractivity contribution < 1.29 is 69.1 Å². The molecule has 8 aromatic carbocycles. The first-order valence-electron chi connectivity index (χ1n) is 23.9. The molecule has 11 rings (SSSR count). The number of fused-ring (bicyclic) bond motifs is 5. The zero-order valence-electron chi connectivity index (χ0n) is 39.9.